The summed E-state index contributed by atoms with van der Waals surface area (Å²) in [4.78, 5) is 24.7. The molecule has 5 rings (SSSR count). The maximum Gasteiger partial charge on any atom is 0.341 e. The molecule has 0 saturated heterocycles. The summed E-state index contributed by atoms with van der Waals surface area (Å²) in [6.07, 6.45) is 9.22. The summed E-state index contributed by atoms with van der Waals surface area (Å²) in [5.74, 6) is 1.69. The van der Waals surface area contributed by atoms with Crippen molar-refractivity contribution in [3.05, 3.63) is 78.6 Å². The highest BCUT2D eigenvalue weighted by atomic mass is 16.5. The van der Waals surface area contributed by atoms with Crippen LogP contribution in [0.5, 0.6) is 11.5 Å². The Hall–Kier alpha value is -4.66. The van der Waals surface area contributed by atoms with Crippen LogP contribution < -0.4 is 20.1 Å². The number of anilines is 4. The molecule has 2 aromatic carbocycles. The number of aromatic carboxylic acids is 1. The number of hydrogen-bond acceptors (Lipinski definition) is 8. The molecular weight excluding hydrogens is 494 g/mol. The third kappa shape index (κ3) is 6.43. The lowest BCUT2D eigenvalue weighted by Crippen LogP contribution is -2.15. The van der Waals surface area contributed by atoms with Crippen molar-refractivity contribution in [3.63, 3.8) is 0 Å². The van der Waals surface area contributed by atoms with Crippen molar-refractivity contribution in [2.45, 2.75) is 32.1 Å². The summed E-state index contributed by atoms with van der Waals surface area (Å²) in [7, 11) is 1.58. The van der Waals surface area contributed by atoms with Crippen molar-refractivity contribution in [1.82, 2.24) is 15.0 Å². The van der Waals surface area contributed by atoms with Crippen molar-refractivity contribution >= 4 is 29.2 Å². The molecule has 2 heterocycles. The van der Waals surface area contributed by atoms with Gasteiger partial charge in [0.15, 0.2) is 5.82 Å². The Bertz CT molecular complexity index is 1420. The average Bonchev–Trinajstić information content (AvgIpc) is 2.97. The number of carboxylic acid groups (broad SMARTS) is 1. The molecule has 0 aliphatic heterocycles. The number of nitrogens with zero attached hydrogens (tertiary/aromatic N) is 3. The predicted octanol–water partition coefficient (Wildman–Crippen LogP) is 6.69. The van der Waals surface area contributed by atoms with Gasteiger partial charge < -0.3 is 25.2 Å². The van der Waals surface area contributed by atoms with Crippen LogP contribution in [0.2, 0.25) is 0 Å². The van der Waals surface area contributed by atoms with Gasteiger partial charge >= 0.3 is 5.97 Å². The normalized spacial score (nSPS) is 13.5. The fourth-order valence-corrected chi connectivity index (χ4v) is 4.78. The first kappa shape index (κ1) is 26.0. The molecule has 4 aromatic rings. The second-order valence-corrected chi connectivity index (χ2v) is 9.46. The highest BCUT2D eigenvalue weighted by molar-refractivity contribution is 5.94. The Labute approximate surface area is 227 Å². The van der Waals surface area contributed by atoms with Crippen LogP contribution >= 0.6 is 0 Å². The van der Waals surface area contributed by atoms with E-state index in [-0.39, 0.29) is 17.3 Å². The summed E-state index contributed by atoms with van der Waals surface area (Å²) >= 11 is 0. The van der Waals surface area contributed by atoms with E-state index in [1.54, 1.807) is 25.4 Å². The number of carboxylic acids is 1. The van der Waals surface area contributed by atoms with E-state index >= 15 is 0 Å². The Morgan fingerprint density at radius 2 is 1.85 bits per heavy atom. The summed E-state index contributed by atoms with van der Waals surface area (Å²) in [5, 5.41) is 15.9. The van der Waals surface area contributed by atoms with Crippen molar-refractivity contribution < 1.29 is 19.4 Å². The van der Waals surface area contributed by atoms with E-state index in [1.165, 1.54) is 38.3 Å². The van der Waals surface area contributed by atoms with Gasteiger partial charge in [0, 0.05) is 18.0 Å². The van der Waals surface area contributed by atoms with Gasteiger partial charge in [-0.1, -0.05) is 49.6 Å². The van der Waals surface area contributed by atoms with Crippen molar-refractivity contribution in [2.24, 2.45) is 5.92 Å². The second kappa shape index (κ2) is 12.3. The summed E-state index contributed by atoms with van der Waals surface area (Å²) in [6, 6.07) is 19.0. The molecule has 9 heteroatoms. The highest BCUT2D eigenvalue weighted by Crippen LogP contribution is 2.39. The fraction of sp³-hybridized carbons (Fsp3) is 0.267. The zero-order valence-corrected chi connectivity index (χ0v) is 21.8. The van der Waals surface area contributed by atoms with E-state index < -0.39 is 5.97 Å². The fourth-order valence-electron chi connectivity index (χ4n) is 4.78. The first-order valence-corrected chi connectivity index (χ1v) is 13.1. The monoisotopic (exact) mass is 525 g/mol. The van der Waals surface area contributed by atoms with Gasteiger partial charge in [-0.2, -0.15) is 4.98 Å². The minimum Gasteiger partial charge on any atom is -0.494 e. The van der Waals surface area contributed by atoms with Crippen LogP contribution in [0, 0.1) is 5.92 Å². The molecule has 1 aliphatic rings. The van der Waals surface area contributed by atoms with Crippen LogP contribution in [0.15, 0.2) is 73.1 Å². The van der Waals surface area contributed by atoms with Gasteiger partial charge in [-0.3, -0.25) is 0 Å². The highest BCUT2D eigenvalue weighted by Gasteiger charge is 2.19. The molecule has 200 valence electrons. The molecule has 0 unspecified atom stereocenters. The van der Waals surface area contributed by atoms with E-state index in [0.29, 0.717) is 23.2 Å². The lowest BCUT2D eigenvalue weighted by Gasteiger charge is -2.22. The van der Waals surface area contributed by atoms with Gasteiger partial charge in [0.2, 0.25) is 5.95 Å². The molecule has 0 spiro atoms. The number of hydrogen-bond donors (Lipinski definition) is 3. The van der Waals surface area contributed by atoms with Crippen LogP contribution in [-0.2, 0) is 0 Å². The Morgan fingerprint density at radius 1 is 1.00 bits per heavy atom. The Morgan fingerprint density at radius 3 is 2.62 bits per heavy atom. The number of para-hydroxylation sites is 1. The van der Waals surface area contributed by atoms with E-state index in [4.69, 9.17) is 9.47 Å². The molecule has 0 bridgehead atoms. The molecule has 39 heavy (non-hydrogen) atoms. The first-order chi connectivity index (χ1) is 19.1. The third-order valence-corrected chi connectivity index (χ3v) is 6.75. The zero-order valence-electron chi connectivity index (χ0n) is 21.8. The molecule has 2 aromatic heterocycles. The van der Waals surface area contributed by atoms with E-state index in [0.717, 1.165) is 23.5 Å². The smallest absolute Gasteiger partial charge is 0.341 e. The number of rotatable bonds is 10. The van der Waals surface area contributed by atoms with Crippen molar-refractivity contribution in [3.8, 4) is 22.6 Å². The molecule has 0 amide bonds. The van der Waals surface area contributed by atoms with Crippen LogP contribution in [0.25, 0.3) is 11.1 Å². The zero-order chi connectivity index (χ0) is 27.0. The quantitative estimate of drug-likeness (QED) is 0.208. The van der Waals surface area contributed by atoms with Crippen molar-refractivity contribution in [1.29, 1.82) is 0 Å². The first-order valence-electron chi connectivity index (χ1n) is 13.1. The lowest BCUT2D eigenvalue weighted by molar-refractivity contribution is 0.0697. The number of nitrogens with one attached hydrogen (secondary N) is 2. The number of aromatic nitrogens is 3. The van der Waals surface area contributed by atoms with Crippen molar-refractivity contribution in [2.75, 3.05) is 24.4 Å². The Kier molecular flexibility index (Phi) is 8.16. The number of ether oxygens (including phenoxy) is 2. The summed E-state index contributed by atoms with van der Waals surface area (Å²) in [5.41, 5.74) is 2.25. The van der Waals surface area contributed by atoms with Gasteiger partial charge in [-0.15, -0.1) is 0 Å². The SMILES string of the molecule is COc1c(Nc2nc(Nc3ccccn3)ncc2C(=O)O)cccc1-c1cccc(OCC2CCCCC2)c1. The Balaban J connectivity index is 1.41. The number of carbonyl (C=O) groups is 1. The van der Waals surface area contributed by atoms with Gasteiger partial charge in [-0.05, 0) is 54.7 Å². The third-order valence-electron chi connectivity index (χ3n) is 6.75. The average molecular weight is 526 g/mol. The number of pyridine rings is 1. The second-order valence-electron chi connectivity index (χ2n) is 9.46. The largest absolute Gasteiger partial charge is 0.494 e. The van der Waals surface area contributed by atoms with Gasteiger partial charge in [0.05, 0.1) is 19.4 Å². The van der Waals surface area contributed by atoms with Crippen LogP contribution in [0.1, 0.15) is 42.5 Å². The van der Waals surface area contributed by atoms with E-state index in [9.17, 15) is 9.90 Å². The minimum atomic E-state index is -1.15. The molecule has 0 atom stereocenters. The lowest BCUT2D eigenvalue weighted by atomic mass is 9.90. The maximum absolute atomic E-state index is 11.9. The molecular formula is C30H31N5O4. The molecule has 1 aliphatic carbocycles. The summed E-state index contributed by atoms with van der Waals surface area (Å²) in [6.45, 7) is 0.725. The molecule has 1 fully saturated rings. The molecule has 3 N–H and O–H groups in total. The predicted molar refractivity (Wildman–Crippen MR) is 150 cm³/mol. The standard InChI is InChI=1S/C30H31N5O4/c1-38-27-23(21-11-7-12-22(17-21)39-19-20-9-3-2-4-10-20)13-8-14-25(27)33-28-24(29(36)37)18-32-30(35-28)34-26-15-5-6-16-31-26/h5-8,11-18,20H,2-4,9-10,19H2,1H3,(H,36,37)(H2,31,32,33,34,35). The van der Waals surface area contributed by atoms with E-state index in [2.05, 4.69) is 25.6 Å². The van der Waals surface area contributed by atoms with Gasteiger partial charge in [0.1, 0.15) is 22.9 Å². The number of benzene rings is 2. The molecule has 1 saturated carbocycles. The van der Waals surface area contributed by atoms with Crippen LogP contribution in [0.3, 0.4) is 0 Å². The topological polar surface area (TPSA) is 118 Å². The molecule has 0 radical (unpaired) electrons. The number of methoxy groups -OCH3 is 1. The minimum absolute atomic E-state index is 0.0767. The van der Waals surface area contributed by atoms with Gasteiger partial charge in [0.25, 0.3) is 0 Å². The van der Waals surface area contributed by atoms with Crippen LogP contribution in [-0.4, -0.2) is 39.7 Å². The summed E-state index contributed by atoms with van der Waals surface area (Å²) < 4.78 is 12.0. The van der Waals surface area contributed by atoms with Gasteiger partial charge in [-0.25, -0.2) is 14.8 Å². The van der Waals surface area contributed by atoms with Crippen LogP contribution in [0.4, 0.5) is 23.3 Å². The maximum atomic E-state index is 11.9. The van der Waals surface area contributed by atoms with E-state index in [1.807, 2.05) is 48.5 Å². The molecule has 9 nitrogen and oxygen atoms in total.